The maximum absolute atomic E-state index is 11.4. The van der Waals surface area contributed by atoms with Crippen LogP contribution in [0.25, 0.3) is 0 Å². The Morgan fingerprint density at radius 2 is 1.75 bits per heavy atom. The predicted molar refractivity (Wildman–Crippen MR) is 21.1 cm³/mol. The summed E-state index contributed by atoms with van der Waals surface area (Å²) in [5.41, 5.74) is 0. The van der Waals surface area contributed by atoms with Gasteiger partial charge in [0.1, 0.15) is 0 Å². The van der Waals surface area contributed by atoms with Crippen molar-refractivity contribution in [3.8, 4) is 0 Å². The Morgan fingerprint density at radius 3 is 1.75 bits per heavy atom. The molecule has 0 aromatic rings. The molecule has 0 heterocycles. The van der Waals surface area contributed by atoms with E-state index in [9.17, 15) is 17.4 Å². The summed E-state index contributed by atoms with van der Waals surface area (Å²) in [5, 5.41) is 0. The summed E-state index contributed by atoms with van der Waals surface area (Å²) in [5.74, 6) is -4.82. The van der Waals surface area contributed by atoms with E-state index in [1.165, 1.54) is 0 Å². The Balaban J connectivity index is 3.62. The summed E-state index contributed by atoms with van der Waals surface area (Å²) in [6.07, 6.45) is 0. The van der Waals surface area contributed by atoms with Gasteiger partial charge in [0.15, 0.2) is 0 Å². The van der Waals surface area contributed by atoms with Crippen LogP contribution < -0.4 is 0 Å². The van der Waals surface area contributed by atoms with Crippen molar-refractivity contribution in [2.75, 3.05) is 7.11 Å². The third-order valence-electron chi connectivity index (χ3n) is 0.360. The lowest BCUT2D eigenvalue weighted by atomic mass is 11.6. The predicted octanol–water partition coefficient (Wildman–Crippen LogP) is 2.43. The van der Waals surface area contributed by atoms with Gasteiger partial charge in [-0.05, 0) is 0 Å². The molecule has 1 unspecified atom stereocenters. The molecule has 8 heavy (non-hydrogen) atoms. The fraction of sp³-hybridized carbons (Fsp3) is 1.00. The van der Waals surface area contributed by atoms with Gasteiger partial charge >= 0.3 is 14.4 Å². The molecule has 0 fully saturated rings. The minimum atomic E-state index is -4.82. The molecule has 0 amide bonds. The number of hydrogen-bond acceptors (Lipinski definition) is 1. The minimum absolute atomic E-state index is 0.680. The van der Waals surface area contributed by atoms with E-state index >= 15 is 0 Å². The first-order chi connectivity index (χ1) is 3.48. The Kier molecular flexibility index (Phi) is 2.63. The topological polar surface area (TPSA) is 9.23 Å². The second kappa shape index (κ2) is 2.60. The van der Waals surface area contributed by atoms with Crippen LogP contribution in [0.3, 0.4) is 0 Å². The molecular formula is C2H3F4OP. The molecule has 0 radical (unpaired) electrons. The zero-order valence-electron chi connectivity index (χ0n) is 3.87. The summed E-state index contributed by atoms with van der Waals surface area (Å²) in [7, 11) is -3.04. The van der Waals surface area contributed by atoms with Gasteiger partial charge in [-0.2, -0.15) is 17.4 Å². The Morgan fingerprint density at radius 1 is 1.38 bits per heavy atom. The lowest BCUT2D eigenvalue weighted by Crippen LogP contribution is -2.01. The maximum Gasteiger partial charge on any atom is 0.463 e. The van der Waals surface area contributed by atoms with Gasteiger partial charge in [0, 0.05) is 7.11 Å². The molecule has 1 atom stereocenters. The van der Waals surface area contributed by atoms with Crippen LogP contribution in [0, 0.1) is 0 Å². The number of rotatable bonds is 1. The van der Waals surface area contributed by atoms with Gasteiger partial charge < -0.3 is 4.52 Å². The van der Waals surface area contributed by atoms with E-state index in [1.54, 1.807) is 0 Å². The molecule has 0 N–H and O–H groups in total. The molecule has 0 bridgehead atoms. The van der Waals surface area contributed by atoms with Crippen LogP contribution in [-0.2, 0) is 4.52 Å². The number of alkyl halides is 3. The largest absolute Gasteiger partial charge is 0.463 e. The highest BCUT2D eigenvalue weighted by Gasteiger charge is 2.42. The molecule has 0 saturated carbocycles. The lowest BCUT2D eigenvalue weighted by molar-refractivity contribution is -0.0537. The zero-order valence-corrected chi connectivity index (χ0v) is 4.76. The van der Waals surface area contributed by atoms with Gasteiger partial charge in [-0.1, -0.05) is 0 Å². The Bertz CT molecular complexity index is 70.9. The molecule has 0 aromatic carbocycles. The van der Waals surface area contributed by atoms with Crippen molar-refractivity contribution >= 4 is 8.46 Å². The average Bonchev–Trinajstić information content (AvgIpc) is 1.62. The van der Waals surface area contributed by atoms with Crippen molar-refractivity contribution < 1.29 is 21.9 Å². The van der Waals surface area contributed by atoms with E-state index in [1.807, 2.05) is 0 Å². The van der Waals surface area contributed by atoms with E-state index in [2.05, 4.69) is 4.52 Å². The van der Waals surface area contributed by atoms with Gasteiger partial charge in [-0.3, -0.25) is 0 Å². The van der Waals surface area contributed by atoms with Crippen molar-refractivity contribution in [2.24, 2.45) is 0 Å². The van der Waals surface area contributed by atoms with Crippen LogP contribution in [0.1, 0.15) is 0 Å². The molecule has 0 spiro atoms. The van der Waals surface area contributed by atoms with Crippen molar-refractivity contribution in [3.63, 3.8) is 0 Å². The highest BCUT2D eigenvalue weighted by Crippen LogP contribution is 2.54. The standard InChI is InChI=1S/C2H3F4OP/c1-7-8(6)2(3,4)5/h1H3. The van der Waals surface area contributed by atoms with Gasteiger partial charge in [0.25, 0.3) is 0 Å². The van der Waals surface area contributed by atoms with Crippen molar-refractivity contribution in [1.29, 1.82) is 0 Å². The molecule has 0 aromatic heterocycles. The average molecular weight is 150 g/mol. The molecule has 0 aliphatic rings. The number of halogens is 4. The summed E-state index contributed by atoms with van der Waals surface area (Å²) in [6.45, 7) is 0. The Labute approximate surface area is 44.6 Å². The molecule has 0 rings (SSSR count). The summed E-state index contributed by atoms with van der Waals surface area (Å²) in [6, 6.07) is 0. The smallest absolute Gasteiger partial charge is 0.327 e. The molecular weight excluding hydrogens is 147 g/mol. The first kappa shape index (κ1) is 8.11. The SMILES string of the molecule is COP(F)C(F)(F)F. The molecule has 50 valence electrons. The van der Waals surface area contributed by atoms with Crippen molar-refractivity contribution in [1.82, 2.24) is 0 Å². The molecule has 0 saturated heterocycles. The quantitative estimate of drug-likeness (QED) is 0.412. The third-order valence-corrected chi connectivity index (χ3v) is 1.08. The van der Waals surface area contributed by atoms with Gasteiger partial charge in [-0.15, -0.1) is 0 Å². The van der Waals surface area contributed by atoms with E-state index in [0.29, 0.717) is 7.11 Å². The van der Waals surface area contributed by atoms with E-state index in [-0.39, 0.29) is 0 Å². The molecule has 0 aliphatic carbocycles. The van der Waals surface area contributed by atoms with Gasteiger partial charge in [-0.25, -0.2) is 0 Å². The maximum atomic E-state index is 11.4. The summed E-state index contributed by atoms with van der Waals surface area (Å²) in [4.78, 5) is 0. The first-order valence-electron chi connectivity index (χ1n) is 1.55. The van der Waals surface area contributed by atoms with Crippen LogP contribution in [0.15, 0.2) is 0 Å². The minimum Gasteiger partial charge on any atom is -0.327 e. The lowest BCUT2D eigenvalue weighted by Gasteiger charge is -2.06. The highest BCUT2D eigenvalue weighted by molar-refractivity contribution is 7.47. The second-order valence-electron chi connectivity index (χ2n) is 0.895. The number of hydrogen-bond donors (Lipinski definition) is 0. The van der Waals surface area contributed by atoms with Crippen LogP contribution >= 0.6 is 8.46 Å². The van der Waals surface area contributed by atoms with Crippen molar-refractivity contribution in [3.05, 3.63) is 0 Å². The fourth-order valence-corrected chi connectivity index (χ4v) is 0.311. The van der Waals surface area contributed by atoms with Crippen LogP contribution in [0.2, 0.25) is 0 Å². The molecule has 0 aliphatic heterocycles. The van der Waals surface area contributed by atoms with E-state index in [0.717, 1.165) is 0 Å². The van der Waals surface area contributed by atoms with E-state index in [4.69, 9.17) is 0 Å². The first-order valence-corrected chi connectivity index (χ1v) is 2.70. The summed E-state index contributed by atoms with van der Waals surface area (Å²) < 4.78 is 47.7. The fourth-order valence-electron chi connectivity index (χ4n) is 0.104. The van der Waals surface area contributed by atoms with Crippen LogP contribution in [0.5, 0.6) is 0 Å². The third kappa shape index (κ3) is 2.43. The molecule has 1 nitrogen and oxygen atoms in total. The van der Waals surface area contributed by atoms with Crippen LogP contribution in [-0.4, -0.2) is 13.0 Å². The zero-order chi connectivity index (χ0) is 6.78. The van der Waals surface area contributed by atoms with Crippen LogP contribution in [0.4, 0.5) is 17.4 Å². The second-order valence-corrected chi connectivity index (χ2v) is 2.26. The summed E-state index contributed by atoms with van der Waals surface area (Å²) >= 11 is 0. The van der Waals surface area contributed by atoms with Gasteiger partial charge in [0.2, 0.25) is 0 Å². The molecule has 6 heteroatoms. The van der Waals surface area contributed by atoms with E-state index < -0.39 is 14.4 Å². The highest BCUT2D eigenvalue weighted by atomic mass is 31.2. The Hall–Kier alpha value is 0.110. The van der Waals surface area contributed by atoms with Crippen molar-refractivity contribution in [2.45, 2.75) is 5.92 Å². The monoisotopic (exact) mass is 150 g/mol. The van der Waals surface area contributed by atoms with Gasteiger partial charge in [0.05, 0.1) is 0 Å². The normalized spacial score (nSPS) is 16.1.